The van der Waals surface area contributed by atoms with Gasteiger partial charge in [-0.05, 0) is 36.5 Å². The zero-order valence-electron chi connectivity index (χ0n) is 11.0. The Morgan fingerprint density at radius 2 is 2.17 bits per heavy atom. The van der Waals surface area contributed by atoms with Gasteiger partial charge in [-0.1, -0.05) is 26.0 Å². The average molecular weight is 248 g/mol. The highest BCUT2D eigenvalue weighted by molar-refractivity contribution is 5.69. The average Bonchev–Trinajstić information content (AvgIpc) is 3.09. The molecule has 0 bridgehead atoms. The Morgan fingerprint density at radius 1 is 1.44 bits per heavy atom. The van der Waals surface area contributed by atoms with E-state index >= 15 is 0 Å². The number of hydrogen-bond acceptors (Lipinski definition) is 2. The van der Waals surface area contributed by atoms with Crippen molar-refractivity contribution in [1.29, 1.82) is 0 Å². The fourth-order valence-electron chi connectivity index (χ4n) is 1.99. The first-order chi connectivity index (χ1) is 8.47. The number of rotatable bonds is 6. The van der Waals surface area contributed by atoms with Crippen molar-refractivity contribution >= 4 is 5.97 Å². The number of carboxylic acid groups (broad SMARTS) is 1. The fraction of sp³-hybridized carbons (Fsp3) is 0.533. The van der Waals surface area contributed by atoms with Crippen LogP contribution in [0, 0.1) is 5.92 Å². The lowest BCUT2D eigenvalue weighted by molar-refractivity contribution is -0.138. The van der Waals surface area contributed by atoms with Crippen LogP contribution < -0.4 is 4.74 Å². The molecule has 0 unspecified atom stereocenters. The van der Waals surface area contributed by atoms with Gasteiger partial charge in [-0.25, -0.2) is 0 Å². The first-order valence-electron chi connectivity index (χ1n) is 6.42. The SMILES string of the molecule is CC(C)(CC(=O)O)c1cccc(OCC2CC2)c1. The molecule has 1 aromatic rings. The van der Waals surface area contributed by atoms with Crippen molar-refractivity contribution < 1.29 is 14.6 Å². The highest BCUT2D eigenvalue weighted by atomic mass is 16.5. The maximum absolute atomic E-state index is 10.9. The Labute approximate surface area is 108 Å². The lowest BCUT2D eigenvalue weighted by atomic mass is 9.81. The van der Waals surface area contributed by atoms with Crippen LogP contribution in [0.3, 0.4) is 0 Å². The van der Waals surface area contributed by atoms with Crippen LogP contribution in [0.4, 0.5) is 0 Å². The summed E-state index contributed by atoms with van der Waals surface area (Å²) >= 11 is 0. The molecule has 3 heteroatoms. The maximum atomic E-state index is 10.9. The molecule has 1 fully saturated rings. The van der Waals surface area contributed by atoms with E-state index < -0.39 is 5.97 Å². The molecule has 0 amide bonds. The third-order valence-corrected chi connectivity index (χ3v) is 3.39. The largest absolute Gasteiger partial charge is 0.493 e. The number of carboxylic acids is 1. The molecule has 0 atom stereocenters. The minimum Gasteiger partial charge on any atom is -0.493 e. The fourth-order valence-corrected chi connectivity index (χ4v) is 1.99. The number of ether oxygens (including phenoxy) is 1. The molecule has 2 rings (SSSR count). The van der Waals surface area contributed by atoms with E-state index in [9.17, 15) is 4.79 Å². The van der Waals surface area contributed by atoms with E-state index in [-0.39, 0.29) is 11.8 Å². The van der Waals surface area contributed by atoms with Gasteiger partial charge in [0.2, 0.25) is 0 Å². The maximum Gasteiger partial charge on any atom is 0.304 e. The van der Waals surface area contributed by atoms with Gasteiger partial charge >= 0.3 is 5.97 Å². The quantitative estimate of drug-likeness (QED) is 0.840. The van der Waals surface area contributed by atoms with Gasteiger partial charge in [-0.3, -0.25) is 4.79 Å². The van der Waals surface area contributed by atoms with Crippen molar-refractivity contribution in [2.45, 2.75) is 38.5 Å². The summed E-state index contributed by atoms with van der Waals surface area (Å²) in [6.45, 7) is 4.67. The van der Waals surface area contributed by atoms with E-state index in [0.717, 1.165) is 23.8 Å². The smallest absolute Gasteiger partial charge is 0.304 e. The van der Waals surface area contributed by atoms with Crippen molar-refractivity contribution in [3.8, 4) is 5.75 Å². The Morgan fingerprint density at radius 3 is 2.78 bits per heavy atom. The molecule has 3 nitrogen and oxygen atoms in total. The predicted molar refractivity (Wildman–Crippen MR) is 69.9 cm³/mol. The Hall–Kier alpha value is -1.51. The van der Waals surface area contributed by atoms with Crippen LogP contribution in [0.2, 0.25) is 0 Å². The summed E-state index contributed by atoms with van der Waals surface area (Å²) in [6.07, 6.45) is 2.66. The highest BCUT2D eigenvalue weighted by Gasteiger charge is 2.25. The predicted octanol–water partition coefficient (Wildman–Crippen LogP) is 3.23. The number of benzene rings is 1. The zero-order chi connectivity index (χ0) is 13.2. The zero-order valence-corrected chi connectivity index (χ0v) is 11.0. The normalized spacial score (nSPS) is 15.4. The van der Waals surface area contributed by atoms with E-state index in [1.54, 1.807) is 0 Å². The van der Waals surface area contributed by atoms with Crippen LogP contribution in [0.5, 0.6) is 5.75 Å². The van der Waals surface area contributed by atoms with E-state index in [2.05, 4.69) is 0 Å². The van der Waals surface area contributed by atoms with Crippen LogP contribution >= 0.6 is 0 Å². The van der Waals surface area contributed by atoms with Gasteiger partial charge in [-0.2, -0.15) is 0 Å². The minimum absolute atomic E-state index is 0.124. The van der Waals surface area contributed by atoms with Gasteiger partial charge in [0, 0.05) is 5.41 Å². The summed E-state index contributed by atoms with van der Waals surface area (Å²) in [7, 11) is 0. The molecule has 1 aromatic carbocycles. The Bertz CT molecular complexity index is 433. The van der Waals surface area contributed by atoms with Crippen LogP contribution in [-0.4, -0.2) is 17.7 Å². The van der Waals surface area contributed by atoms with Gasteiger partial charge in [0.15, 0.2) is 0 Å². The molecule has 0 aromatic heterocycles. The lowest BCUT2D eigenvalue weighted by Crippen LogP contribution is -2.21. The summed E-state index contributed by atoms with van der Waals surface area (Å²) in [5, 5.41) is 8.93. The molecular weight excluding hydrogens is 228 g/mol. The molecule has 0 saturated heterocycles. The Balaban J connectivity index is 2.06. The van der Waals surface area contributed by atoms with Crippen LogP contribution in [0.25, 0.3) is 0 Å². The molecule has 1 N–H and O–H groups in total. The summed E-state index contributed by atoms with van der Waals surface area (Å²) in [5.41, 5.74) is 0.642. The standard InChI is InChI=1S/C15H20O3/c1-15(2,9-14(16)17)12-4-3-5-13(8-12)18-10-11-6-7-11/h3-5,8,11H,6-7,9-10H2,1-2H3,(H,16,17). The van der Waals surface area contributed by atoms with E-state index in [0.29, 0.717) is 0 Å². The highest BCUT2D eigenvalue weighted by Crippen LogP contribution is 2.32. The van der Waals surface area contributed by atoms with Crippen molar-refractivity contribution in [3.05, 3.63) is 29.8 Å². The molecule has 98 valence electrons. The van der Waals surface area contributed by atoms with Crippen molar-refractivity contribution in [2.24, 2.45) is 5.92 Å². The van der Waals surface area contributed by atoms with Crippen molar-refractivity contribution in [3.63, 3.8) is 0 Å². The first kappa shape index (κ1) is 12.9. The third kappa shape index (κ3) is 3.49. The van der Waals surface area contributed by atoms with Gasteiger partial charge < -0.3 is 9.84 Å². The molecule has 1 saturated carbocycles. The number of carbonyl (C=O) groups is 1. The molecule has 1 aliphatic rings. The molecule has 0 radical (unpaired) electrons. The second-order valence-electron chi connectivity index (χ2n) is 5.74. The van der Waals surface area contributed by atoms with Crippen molar-refractivity contribution in [1.82, 2.24) is 0 Å². The topological polar surface area (TPSA) is 46.5 Å². The molecule has 0 aliphatic heterocycles. The summed E-state index contributed by atoms with van der Waals surface area (Å²) < 4.78 is 5.72. The van der Waals surface area contributed by atoms with E-state index in [1.165, 1.54) is 12.8 Å². The van der Waals surface area contributed by atoms with Gasteiger partial charge in [0.25, 0.3) is 0 Å². The number of aliphatic carboxylic acids is 1. The molecule has 18 heavy (non-hydrogen) atoms. The third-order valence-electron chi connectivity index (χ3n) is 3.39. The van der Waals surface area contributed by atoms with Gasteiger partial charge in [-0.15, -0.1) is 0 Å². The molecule has 0 spiro atoms. The van der Waals surface area contributed by atoms with Crippen LogP contribution in [0.15, 0.2) is 24.3 Å². The van der Waals surface area contributed by atoms with E-state index in [1.807, 2.05) is 38.1 Å². The monoisotopic (exact) mass is 248 g/mol. The summed E-state index contributed by atoms with van der Waals surface area (Å²) in [5.74, 6) is 0.794. The van der Waals surface area contributed by atoms with Crippen LogP contribution in [-0.2, 0) is 10.2 Å². The molecule has 1 aliphatic carbocycles. The summed E-state index contributed by atoms with van der Waals surface area (Å²) in [6, 6.07) is 7.79. The Kier molecular flexibility index (Phi) is 3.60. The summed E-state index contributed by atoms with van der Waals surface area (Å²) in [4.78, 5) is 10.9. The number of hydrogen-bond donors (Lipinski definition) is 1. The van der Waals surface area contributed by atoms with Crippen molar-refractivity contribution in [2.75, 3.05) is 6.61 Å². The first-order valence-corrected chi connectivity index (χ1v) is 6.42. The lowest BCUT2D eigenvalue weighted by Gasteiger charge is -2.23. The second kappa shape index (κ2) is 5.01. The van der Waals surface area contributed by atoms with Gasteiger partial charge in [0.1, 0.15) is 5.75 Å². The van der Waals surface area contributed by atoms with Gasteiger partial charge in [0.05, 0.1) is 13.0 Å². The molecule has 0 heterocycles. The van der Waals surface area contributed by atoms with Crippen LogP contribution in [0.1, 0.15) is 38.7 Å². The second-order valence-corrected chi connectivity index (χ2v) is 5.74. The minimum atomic E-state index is -0.774. The molecular formula is C15H20O3. The van der Waals surface area contributed by atoms with E-state index in [4.69, 9.17) is 9.84 Å².